The molecule has 3 aromatic rings. The summed E-state index contributed by atoms with van der Waals surface area (Å²) in [5, 5.41) is 4.06. The standard InChI is InChI=1S/C25H25F3N6O2/c1-14(8-21(35)23-17(24(29)31-13-30-23)12-34-6-2-3-7-34)22-11-20(33-36-22)19-10-15-9-16(25(26,27)28)4-5-18(15)32-19/h4-5,9,11,13-14H,2-3,6-8,10,12H2,1H3,(H2,29,30,31)/t14-/m1/s1. The van der Waals surface area contributed by atoms with Gasteiger partial charge in [-0.25, -0.2) is 9.97 Å². The molecule has 0 saturated carbocycles. The molecule has 1 aromatic carbocycles. The third-order valence-corrected chi connectivity index (χ3v) is 6.64. The number of Topliss-reactive ketones (excluding diaryl/α,β-unsaturated/α-hetero) is 1. The molecule has 36 heavy (non-hydrogen) atoms. The van der Waals surface area contributed by atoms with Gasteiger partial charge in [-0.2, -0.15) is 13.2 Å². The van der Waals surface area contributed by atoms with Crippen LogP contribution in [0.4, 0.5) is 24.7 Å². The number of likely N-dealkylation sites (tertiary alicyclic amines) is 1. The largest absolute Gasteiger partial charge is 0.416 e. The zero-order valence-corrected chi connectivity index (χ0v) is 19.7. The van der Waals surface area contributed by atoms with E-state index in [9.17, 15) is 18.0 Å². The number of nitrogens with two attached hydrogens (primary N) is 1. The van der Waals surface area contributed by atoms with Crippen molar-refractivity contribution in [3.63, 3.8) is 0 Å². The van der Waals surface area contributed by atoms with Crippen molar-refractivity contribution in [2.24, 2.45) is 4.99 Å². The maximum atomic E-state index is 13.2. The van der Waals surface area contributed by atoms with Crippen LogP contribution in [0.5, 0.6) is 0 Å². The van der Waals surface area contributed by atoms with Crippen LogP contribution in [0, 0.1) is 0 Å². The molecule has 2 N–H and O–H groups in total. The zero-order valence-electron chi connectivity index (χ0n) is 19.7. The summed E-state index contributed by atoms with van der Waals surface area (Å²) in [5.41, 5.74) is 8.27. The van der Waals surface area contributed by atoms with Crippen molar-refractivity contribution in [1.29, 1.82) is 0 Å². The van der Waals surface area contributed by atoms with Crippen molar-refractivity contribution >= 4 is 23.0 Å². The predicted octanol–water partition coefficient (Wildman–Crippen LogP) is 4.71. The summed E-state index contributed by atoms with van der Waals surface area (Å²) in [4.78, 5) is 28.1. The number of carbonyl (C=O) groups excluding carboxylic acids is 1. The van der Waals surface area contributed by atoms with Gasteiger partial charge in [0.1, 0.15) is 29.3 Å². The molecule has 188 valence electrons. The third kappa shape index (κ3) is 4.88. The van der Waals surface area contributed by atoms with Crippen LogP contribution >= 0.6 is 0 Å². The number of aliphatic imine (C=N–C) groups is 1. The Morgan fingerprint density at radius 3 is 2.72 bits per heavy atom. The Balaban J connectivity index is 1.28. The van der Waals surface area contributed by atoms with E-state index in [1.807, 2.05) is 6.92 Å². The Labute approximate surface area is 205 Å². The van der Waals surface area contributed by atoms with Crippen LogP contribution < -0.4 is 5.73 Å². The number of ketones is 1. The lowest BCUT2D eigenvalue weighted by Crippen LogP contribution is -2.23. The van der Waals surface area contributed by atoms with Crippen molar-refractivity contribution < 1.29 is 22.5 Å². The second-order valence-corrected chi connectivity index (χ2v) is 9.29. The minimum absolute atomic E-state index is 0.125. The van der Waals surface area contributed by atoms with Crippen LogP contribution in [0.3, 0.4) is 0 Å². The summed E-state index contributed by atoms with van der Waals surface area (Å²) < 4.78 is 44.6. The van der Waals surface area contributed by atoms with Gasteiger partial charge in [0.2, 0.25) is 0 Å². The maximum absolute atomic E-state index is 13.2. The Morgan fingerprint density at radius 2 is 1.97 bits per heavy atom. The zero-order chi connectivity index (χ0) is 25.4. The molecule has 0 radical (unpaired) electrons. The smallest absolute Gasteiger partial charge is 0.383 e. The maximum Gasteiger partial charge on any atom is 0.416 e. The van der Waals surface area contributed by atoms with E-state index < -0.39 is 11.7 Å². The Kier molecular flexibility index (Phi) is 6.33. The number of halogens is 3. The molecule has 2 aliphatic heterocycles. The number of hydrogen-bond donors (Lipinski definition) is 1. The van der Waals surface area contributed by atoms with Crippen LogP contribution in [0.2, 0.25) is 0 Å². The number of alkyl halides is 3. The van der Waals surface area contributed by atoms with Gasteiger partial charge in [-0.1, -0.05) is 12.1 Å². The molecule has 0 amide bonds. The first-order chi connectivity index (χ1) is 17.2. The molecule has 1 atom stereocenters. The van der Waals surface area contributed by atoms with Gasteiger partial charge in [-0.15, -0.1) is 0 Å². The second-order valence-electron chi connectivity index (χ2n) is 9.29. The summed E-state index contributed by atoms with van der Waals surface area (Å²) in [6.45, 7) is 4.27. The molecular formula is C25H25F3N6O2. The average molecular weight is 499 g/mol. The van der Waals surface area contributed by atoms with Gasteiger partial charge in [0.15, 0.2) is 5.78 Å². The third-order valence-electron chi connectivity index (χ3n) is 6.64. The first-order valence-corrected chi connectivity index (χ1v) is 11.8. The number of anilines is 1. The SMILES string of the molecule is C[C@H](CC(=O)c1ncnc(N)c1CN1CCCC1)c1cc(C2=Nc3ccc(C(F)(F)F)cc3C2)no1. The highest BCUT2D eigenvalue weighted by molar-refractivity contribution is 6.05. The number of fused-ring (bicyclic) bond motifs is 1. The van der Waals surface area contributed by atoms with Crippen molar-refractivity contribution in [3.05, 3.63) is 64.4 Å². The molecule has 11 heteroatoms. The second kappa shape index (κ2) is 9.45. The topological polar surface area (TPSA) is 110 Å². The lowest BCUT2D eigenvalue weighted by Gasteiger charge is -2.18. The quantitative estimate of drug-likeness (QED) is 0.470. The monoisotopic (exact) mass is 498 g/mol. The number of nitrogen functional groups attached to an aromatic ring is 1. The van der Waals surface area contributed by atoms with Crippen molar-refractivity contribution in [2.75, 3.05) is 18.8 Å². The van der Waals surface area contributed by atoms with Crippen LogP contribution in [0.25, 0.3) is 0 Å². The van der Waals surface area contributed by atoms with Crippen LogP contribution in [0.1, 0.15) is 70.7 Å². The van der Waals surface area contributed by atoms with Gasteiger partial charge in [-0.05, 0) is 49.7 Å². The van der Waals surface area contributed by atoms with E-state index in [1.54, 1.807) is 6.07 Å². The Hall–Kier alpha value is -3.60. The van der Waals surface area contributed by atoms with Crippen molar-refractivity contribution in [3.8, 4) is 0 Å². The van der Waals surface area contributed by atoms with E-state index in [1.165, 1.54) is 12.4 Å². The number of benzene rings is 1. The van der Waals surface area contributed by atoms with E-state index in [-0.39, 0.29) is 24.5 Å². The molecule has 2 aliphatic rings. The molecule has 4 heterocycles. The average Bonchev–Trinajstić information content (AvgIpc) is 3.59. The van der Waals surface area contributed by atoms with Gasteiger partial charge in [0.25, 0.3) is 0 Å². The lowest BCUT2D eigenvalue weighted by atomic mass is 9.97. The van der Waals surface area contributed by atoms with Crippen LogP contribution in [-0.2, 0) is 19.1 Å². The normalized spacial score (nSPS) is 16.7. The van der Waals surface area contributed by atoms with E-state index in [2.05, 4.69) is 25.0 Å². The summed E-state index contributed by atoms with van der Waals surface area (Å²) in [5.74, 6) is 0.309. The minimum Gasteiger partial charge on any atom is -0.383 e. The Morgan fingerprint density at radius 1 is 1.19 bits per heavy atom. The Bertz CT molecular complexity index is 1330. The molecule has 0 bridgehead atoms. The molecule has 5 rings (SSSR count). The first-order valence-electron chi connectivity index (χ1n) is 11.8. The van der Waals surface area contributed by atoms with E-state index >= 15 is 0 Å². The summed E-state index contributed by atoms with van der Waals surface area (Å²) in [7, 11) is 0. The minimum atomic E-state index is -4.41. The van der Waals surface area contributed by atoms with Gasteiger partial charge < -0.3 is 10.3 Å². The number of carbonyl (C=O) groups is 1. The van der Waals surface area contributed by atoms with Crippen molar-refractivity contribution in [2.45, 2.75) is 51.2 Å². The first kappa shape index (κ1) is 24.1. The van der Waals surface area contributed by atoms with Gasteiger partial charge in [0.05, 0.1) is 17.0 Å². The van der Waals surface area contributed by atoms with Gasteiger partial charge in [-0.3, -0.25) is 14.7 Å². The number of rotatable bonds is 7. The van der Waals surface area contributed by atoms with Crippen molar-refractivity contribution in [1.82, 2.24) is 20.0 Å². The number of hydrogen-bond acceptors (Lipinski definition) is 8. The van der Waals surface area contributed by atoms with Gasteiger partial charge >= 0.3 is 6.18 Å². The summed E-state index contributed by atoms with van der Waals surface area (Å²) >= 11 is 0. The van der Waals surface area contributed by atoms with Gasteiger partial charge in [0, 0.05) is 36.9 Å². The predicted molar refractivity (Wildman–Crippen MR) is 126 cm³/mol. The molecule has 1 fully saturated rings. The molecule has 0 unspecified atom stereocenters. The highest BCUT2D eigenvalue weighted by atomic mass is 19.4. The molecule has 0 spiro atoms. The summed E-state index contributed by atoms with van der Waals surface area (Å²) in [6.07, 6.45) is -0.543. The van der Waals surface area contributed by atoms with E-state index in [0.29, 0.717) is 52.0 Å². The fraction of sp³-hybridized carbons (Fsp3) is 0.400. The van der Waals surface area contributed by atoms with Crippen LogP contribution in [0.15, 0.2) is 40.1 Å². The molecule has 0 aliphatic carbocycles. The lowest BCUT2D eigenvalue weighted by molar-refractivity contribution is -0.137. The number of aromatic nitrogens is 3. The van der Waals surface area contributed by atoms with E-state index in [0.717, 1.165) is 38.1 Å². The highest BCUT2D eigenvalue weighted by Crippen LogP contribution is 2.36. The van der Waals surface area contributed by atoms with Crippen LogP contribution in [-0.4, -0.2) is 44.6 Å². The summed E-state index contributed by atoms with van der Waals surface area (Å²) in [6, 6.07) is 5.18. The molecular weight excluding hydrogens is 473 g/mol. The molecule has 8 nitrogen and oxygen atoms in total. The fourth-order valence-electron chi connectivity index (χ4n) is 4.65. The number of nitrogens with zero attached hydrogens (tertiary/aromatic N) is 5. The molecule has 1 saturated heterocycles. The molecule has 2 aromatic heterocycles. The highest BCUT2D eigenvalue weighted by Gasteiger charge is 2.32. The fourth-order valence-corrected chi connectivity index (χ4v) is 4.65. The van der Waals surface area contributed by atoms with E-state index in [4.69, 9.17) is 10.3 Å².